The van der Waals surface area contributed by atoms with Crippen molar-refractivity contribution in [2.75, 3.05) is 42.9 Å². The van der Waals surface area contributed by atoms with E-state index >= 15 is 0 Å². The number of rotatable bonds is 8. The summed E-state index contributed by atoms with van der Waals surface area (Å²) in [5.74, 6) is -1.44. The molecule has 2 aromatic rings. The SMILES string of the molecule is N/C(=C\Nc1cc(F)c(N2CCN(C(=O)Cn3cccn3)CC2)c(F)c1)CNC=S. The molecule has 3 rings (SSSR count). The van der Waals surface area contributed by atoms with Crippen LogP contribution in [0.5, 0.6) is 0 Å². The first-order valence-electron chi connectivity index (χ1n) is 9.35. The first kappa shape index (κ1) is 21.5. The Bertz CT molecular complexity index is 889. The van der Waals surface area contributed by atoms with Crippen molar-refractivity contribution in [2.45, 2.75) is 6.54 Å². The lowest BCUT2D eigenvalue weighted by Gasteiger charge is -2.36. The van der Waals surface area contributed by atoms with Crippen LogP contribution in [-0.4, -0.2) is 58.8 Å². The Balaban J connectivity index is 1.60. The molecule has 1 aromatic heterocycles. The maximum Gasteiger partial charge on any atom is 0.244 e. The highest BCUT2D eigenvalue weighted by atomic mass is 32.1. The standard InChI is InChI=1S/C19H23F2N7OS/c20-16-8-15(24-11-14(22)10-23-13-30)9-17(21)19(16)27-6-4-26(5-7-27)18(29)12-28-3-1-2-25-28/h1-3,8-9,11,13,24H,4-7,10,12,22H2,(H,23,30)/b14-11-. The number of piperazine rings is 1. The van der Waals surface area contributed by atoms with E-state index in [-0.39, 0.29) is 23.8 Å². The number of aromatic nitrogens is 2. The van der Waals surface area contributed by atoms with Gasteiger partial charge in [0.05, 0.1) is 12.0 Å². The number of nitrogens with zero attached hydrogens (tertiary/aromatic N) is 4. The van der Waals surface area contributed by atoms with E-state index in [0.29, 0.717) is 38.4 Å². The lowest BCUT2D eigenvalue weighted by atomic mass is 10.2. The van der Waals surface area contributed by atoms with Crippen LogP contribution in [0.25, 0.3) is 0 Å². The van der Waals surface area contributed by atoms with Crippen molar-refractivity contribution < 1.29 is 13.6 Å². The summed E-state index contributed by atoms with van der Waals surface area (Å²) in [4.78, 5) is 15.6. The van der Waals surface area contributed by atoms with Gasteiger partial charge in [-0.15, -0.1) is 0 Å². The number of thiocarbonyl (C=S) groups is 1. The topological polar surface area (TPSA) is 91.5 Å². The molecule has 0 atom stereocenters. The van der Waals surface area contributed by atoms with Crippen LogP contribution in [0.3, 0.4) is 0 Å². The summed E-state index contributed by atoms with van der Waals surface area (Å²) in [5, 5.41) is 9.54. The van der Waals surface area contributed by atoms with E-state index in [4.69, 9.17) is 5.73 Å². The van der Waals surface area contributed by atoms with Gasteiger partial charge < -0.3 is 26.2 Å². The highest BCUT2D eigenvalue weighted by molar-refractivity contribution is 7.78. The van der Waals surface area contributed by atoms with Crippen LogP contribution in [0.1, 0.15) is 0 Å². The van der Waals surface area contributed by atoms with Crippen LogP contribution < -0.4 is 21.3 Å². The summed E-state index contributed by atoms with van der Waals surface area (Å²) in [6.07, 6.45) is 4.77. The molecule has 160 valence electrons. The van der Waals surface area contributed by atoms with E-state index in [1.165, 1.54) is 23.8 Å². The number of nitrogens with one attached hydrogen (secondary N) is 2. The van der Waals surface area contributed by atoms with Crippen molar-refractivity contribution in [1.29, 1.82) is 0 Å². The molecule has 0 saturated carbocycles. The number of carbonyl (C=O) groups excluding carboxylic acids is 1. The molecule has 0 radical (unpaired) electrons. The summed E-state index contributed by atoms with van der Waals surface area (Å²) in [6.45, 7) is 1.90. The van der Waals surface area contributed by atoms with Crippen LogP contribution >= 0.6 is 12.2 Å². The number of benzene rings is 1. The van der Waals surface area contributed by atoms with Crippen molar-refractivity contribution in [3.63, 3.8) is 0 Å². The normalized spacial score (nSPS) is 14.5. The first-order valence-corrected chi connectivity index (χ1v) is 9.82. The summed E-state index contributed by atoms with van der Waals surface area (Å²) in [5.41, 5.74) is 7.65. The van der Waals surface area contributed by atoms with E-state index in [2.05, 4.69) is 28.0 Å². The van der Waals surface area contributed by atoms with E-state index in [9.17, 15) is 13.6 Å². The Morgan fingerprint density at radius 1 is 1.23 bits per heavy atom. The predicted octanol–water partition coefficient (Wildman–Crippen LogP) is 1.27. The lowest BCUT2D eigenvalue weighted by molar-refractivity contribution is -0.132. The molecule has 1 aliphatic rings. The number of amides is 1. The van der Waals surface area contributed by atoms with Crippen molar-refractivity contribution in [3.8, 4) is 0 Å². The highest BCUT2D eigenvalue weighted by Crippen LogP contribution is 2.28. The highest BCUT2D eigenvalue weighted by Gasteiger charge is 2.25. The maximum absolute atomic E-state index is 14.6. The Morgan fingerprint density at radius 3 is 2.53 bits per heavy atom. The summed E-state index contributed by atoms with van der Waals surface area (Å²) in [6, 6.07) is 4.17. The smallest absolute Gasteiger partial charge is 0.244 e. The van der Waals surface area contributed by atoms with E-state index in [1.54, 1.807) is 32.9 Å². The fourth-order valence-corrected chi connectivity index (χ4v) is 3.23. The number of anilines is 2. The van der Waals surface area contributed by atoms with Crippen molar-refractivity contribution >= 4 is 35.0 Å². The van der Waals surface area contributed by atoms with Gasteiger partial charge in [-0.05, 0) is 18.2 Å². The second kappa shape index (κ2) is 10.0. The fraction of sp³-hybridized carbons (Fsp3) is 0.316. The van der Waals surface area contributed by atoms with Gasteiger partial charge in [0.1, 0.15) is 12.2 Å². The third-order valence-corrected chi connectivity index (χ3v) is 4.80. The quantitative estimate of drug-likeness (QED) is 0.538. The fourth-order valence-electron chi connectivity index (χ4n) is 3.15. The first-order chi connectivity index (χ1) is 14.5. The number of halogens is 2. The lowest BCUT2D eigenvalue weighted by Crippen LogP contribution is -2.50. The molecular weight excluding hydrogens is 412 g/mol. The average Bonchev–Trinajstić information content (AvgIpc) is 3.23. The van der Waals surface area contributed by atoms with Crippen molar-refractivity contribution in [1.82, 2.24) is 20.0 Å². The third-order valence-electron chi connectivity index (χ3n) is 4.64. The third kappa shape index (κ3) is 5.44. The van der Waals surface area contributed by atoms with Gasteiger partial charge in [0, 0.05) is 56.2 Å². The second-order valence-electron chi connectivity index (χ2n) is 6.72. The molecule has 11 heteroatoms. The molecule has 1 saturated heterocycles. The van der Waals surface area contributed by atoms with Gasteiger partial charge in [-0.1, -0.05) is 12.2 Å². The van der Waals surface area contributed by atoms with Gasteiger partial charge in [0.15, 0.2) is 11.6 Å². The van der Waals surface area contributed by atoms with Gasteiger partial charge in [-0.25, -0.2) is 8.78 Å². The average molecular weight is 436 g/mol. The predicted molar refractivity (Wildman–Crippen MR) is 115 cm³/mol. The number of hydrogen-bond donors (Lipinski definition) is 3. The van der Waals surface area contributed by atoms with Crippen molar-refractivity contribution in [3.05, 3.63) is 54.1 Å². The zero-order valence-corrected chi connectivity index (χ0v) is 17.0. The monoisotopic (exact) mass is 435 g/mol. The molecule has 30 heavy (non-hydrogen) atoms. The summed E-state index contributed by atoms with van der Waals surface area (Å²) in [7, 11) is 0. The number of nitrogens with two attached hydrogens (primary N) is 1. The molecule has 8 nitrogen and oxygen atoms in total. The Kier molecular flexibility index (Phi) is 7.17. The van der Waals surface area contributed by atoms with Crippen LogP contribution in [0.4, 0.5) is 20.2 Å². The van der Waals surface area contributed by atoms with Gasteiger partial charge in [-0.3, -0.25) is 9.48 Å². The molecule has 1 fully saturated rings. The van der Waals surface area contributed by atoms with Crippen LogP contribution in [0.15, 0.2) is 42.5 Å². The van der Waals surface area contributed by atoms with E-state index in [1.807, 2.05) is 0 Å². The van der Waals surface area contributed by atoms with Crippen LogP contribution in [-0.2, 0) is 11.3 Å². The Labute approximate surface area is 178 Å². The van der Waals surface area contributed by atoms with Gasteiger partial charge >= 0.3 is 0 Å². The van der Waals surface area contributed by atoms with E-state index < -0.39 is 11.6 Å². The zero-order chi connectivity index (χ0) is 21.5. The Hall–Kier alpha value is -3.21. The largest absolute Gasteiger partial charge is 0.399 e. The molecule has 1 amide bonds. The summed E-state index contributed by atoms with van der Waals surface area (Å²) >= 11 is 4.64. The molecule has 1 aromatic carbocycles. The van der Waals surface area contributed by atoms with Crippen LogP contribution in [0.2, 0.25) is 0 Å². The molecule has 1 aliphatic heterocycles. The van der Waals surface area contributed by atoms with Gasteiger partial charge in [0.2, 0.25) is 5.91 Å². The summed E-state index contributed by atoms with van der Waals surface area (Å²) < 4.78 is 30.8. The second-order valence-corrected chi connectivity index (χ2v) is 6.96. The molecule has 0 bridgehead atoms. The minimum atomic E-state index is -0.683. The minimum absolute atomic E-state index is 0.0775. The number of carbonyl (C=O) groups is 1. The minimum Gasteiger partial charge on any atom is -0.399 e. The van der Waals surface area contributed by atoms with Crippen LogP contribution in [0, 0.1) is 11.6 Å². The molecule has 0 spiro atoms. The Morgan fingerprint density at radius 2 is 1.93 bits per heavy atom. The number of hydrogen-bond acceptors (Lipinski definition) is 6. The molecule has 4 N–H and O–H groups in total. The molecule has 0 aliphatic carbocycles. The molecule has 0 unspecified atom stereocenters. The zero-order valence-electron chi connectivity index (χ0n) is 16.2. The van der Waals surface area contributed by atoms with E-state index in [0.717, 1.165) is 0 Å². The maximum atomic E-state index is 14.6. The van der Waals surface area contributed by atoms with Crippen molar-refractivity contribution in [2.24, 2.45) is 5.73 Å². The van der Waals surface area contributed by atoms with Gasteiger partial charge in [-0.2, -0.15) is 5.10 Å². The van der Waals surface area contributed by atoms with Gasteiger partial charge in [0.25, 0.3) is 0 Å². The molecular formula is C19H23F2N7OS. The molecule has 2 heterocycles.